The molecule has 7 nitrogen and oxygen atoms in total. The zero-order valence-corrected chi connectivity index (χ0v) is 15.6. The zero-order chi connectivity index (χ0) is 18.0. The summed E-state index contributed by atoms with van der Waals surface area (Å²) in [6.07, 6.45) is 8.36. The molecular formula is C19H29N5O2. The lowest BCUT2D eigenvalue weighted by atomic mass is 9.76. The first kappa shape index (κ1) is 17.7. The molecule has 1 unspecified atom stereocenters. The molecule has 1 amide bonds. The summed E-state index contributed by atoms with van der Waals surface area (Å²) >= 11 is 0. The molecule has 1 spiro atoms. The smallest absolute Gasteiger partial charge is 0.234 e. The standard InChI is InChI=1S/C19H29N5O2/c1-15-10-21-18(22-11-15)24-7-3-19(4-8-24)9-16(26-14-19)12-20-17(25)13-23-5-2-6-23/h10-11,16H,2-9,12-14H2,1H3,(H,20,25). The summed E-state index contributed by atoms with van der Waals surface area (Å²) in [5, 5.41) is 3.05. The number of rotatable bonds is 5. The number of aromatic nitrogens is 2. The topological polar surface area (TPSA) is 70.6 Å². The molecule has 4 rings (SSSR count). The van der Waals surface area contributed by atoms with Gasteiger partial charge in [-0.15, -0.1) is 0 Å². The number of carbonyl (C=O) groups excluding carboxylic acids is 1. The minimum absolute atomic E-state index is 0.126. The Bertz CT molecular complexity index is 623. The van der Waals surface area contributed by atoms with Crippen LogP contribution in [0.4, 0.5) is 5.95 Å². The van der Waals surface area contributed by atoms with Crippen LogP contribution in [0.2, 0.25) is 0 Å². The number of amides is 1. The van der Waals surface area contributed by atoms with Crippen LogP contribution in [0.15, 0.2) is 12.4 Å². The van der Waals surface area contributed by atoms with E-state index >= 15 is 0 Å². The Kier molecular flexibility index (Phi) is 5.09. The van der Waals surface area contributed by atoms with E-state index in [0.29, 0.717) is 13.1 Å². The van der Waals surface area contributed by atoms with Crippen LogP contribution in [0.25, 0.3) is 0 Å². The summed E-state index contributed by atoms with van der Waals surface area (Å²) in [4.78, 5) is 25.3. The number of ether oxygens (including phenoxy) is 1. The van der Waals surface area contributed by atoms with Crippen molar-refractivity contribution >= 4 is 11.9 Å². The second-order valence-electron chi connectivity index (χ2n) is 8.12. The van der Waals surface area contributed by atoms with Crippen LogP contribution in [-0.2, 0) is 9.53 Å². The quantitative estimate of drug-likeness (QED) is 0.845. The van der Waals surface area contributed by atoms with Crippen LogP contribution < -0.4 is 10.2 Å². The second kappa shape index (κ2) is 7.48. The fourth-order valence-electron chi connectivity index (χ4n) is 4.13. The summed E-state index contributed by atoms with van der Waals surface area (Å²) in [5.74, 6) is 0.958. The summed E-state index contributed by atoms with van der Waals surface area (Å²) in [6, 6.07) is 0. The normalized spacial score (nSPS) is 25.3. The van der Waals surface area contributed by atoms with E-state index in [0.717, 1.165) is 63.6 Å². The van der Waals surface area contributed by atoms with E-state index in [-0.39, 0.29) is 17.4 Å². The molecular weight excluding hydrogens is 330 g/mol. The van der Waals surface area contributed by atoms with Crippen molar-refractivity contribution < 1.29 is 9.53 Å². The van der Waals surface area contributed by atoms with Gasteiger partial charge in [0.1, 0.15) is 0 Å². The Morgan fingerprint density at radius 2 is 2.00 bits per heavy atom. The third kappa shape index (κ3) is 3.99. The predicted octanol–water partition coefficient (Wildman–Crippen LogP) is 0.982. The molecule has 0 aliphatic carbocycles. The van der Waals surface area contributed by atoms with Crippen molar-refractivity contribution in [1.29, 1.82) is 0 Å². The van der Waals surface area contributed by atoms with E-state index in [1.54, 1.807) is 0 Å². The minimum atomic E-state index is 0.126. The van der Waals surface area contributed by atoms with Gasteiger partial charge in [-0.2, -0.15) is 0 Å². The van der Waals surface area contributed by atoms with Gasteiger partial charge < -0.3 is 15.0 Å². The van der Waals surface area contributed by atoms with Crippen molar-refractivity contribution in [1.82, 2.24) is 20.2 Å². The number of piperidine rings is 1. The highest BCUT2D eigenvalue weighted by Crippen LogP contribution is 2.42. The summed E-state index contributed by atoms with van der Waals surface area (Å²) in [6.45, 7) is 8.04. The number of aryl methyl sites for hydroxylation is 1. The Morgan fingerprint density at radius 1 is 1.27 bits per heavy atom. The molecule has 3 aliphatic heterocycles. The highest BCUT2D eigenvalue weighted by molar-refractivity contribution is 5.78. The lowest BCUT2D eigenvalue weighted by molar-refractivity contribution is -0.123. The molecule has 0 saturated carbocycles. The molecule has 0 aromatic carbocycles. The first-order valence-electron chi connectivity index (χ1n) is 9.76. The summed E-state index contributed by atoms with van der Waals surface area (Å²) in [5.41, 5.74) is 1.35. The van der Waals surface area contributed by atoms with Crippen LogP contribution in [0.5, 0.6) is 0 Å². The molecule has 1 aromatic heterocycles. The maximum Gasteiger partial charge on any atom is 0.234 e. The molecule has 0 radical (unpaired) electrons. The van der Waals surface area contributed by atoms with E-state index in [1.807, 2.05) is 19.3 Å². The average Bonchev–Trinajstić information content (AvgIpc) is 3.01. The van der Waals surface area contributed by atoms with Gasteiger partial charge in [0, 0.05) is 32.0 Å². The number of hydrogen-bond acceptors (Lipinski definition) is 6. The zero-order valence-electron chi connectivity index (χ0n) is 15.6. The third-order valence-corrected chi connectivity index (χ3v) is 6.00. The van der Waals surface area contributed by atoms with Crippen LogP contribution in [-0.4, -0.2) is 72.8 Å². The van der Waals surface area contributed by atoms with Gasteiger partial charge in [0.05, 0.1) is 19.3 Å². The van der Waals surface area contributed by atoms with Crippen LogP contribution in [0.3, 0.4) is 0 Å². The average molecular weight is 359 g/mol. The lowest BCUT2D eigenvalue weighted by Gasteiger charge is -2.38. The second-order valence-corrected chi connectivity index (χ2v) is 8.12. The number of nitrogens with zero attached hydrogens (tertiary/aromatic N) is 4. The monoisotopic (exact) mass is 359 g/mol. The summed E-state index contributed by atoms with van der Waals surface area (Å²) in [7, 11) is 0. The third-order valence-electron chi connectivity index (χ3n) is 6.00. The SMILES string of the molecule is Cc1cnc(N2CCC3(CC2)COC(CNC(=O)CN2CCC2)C3)nc1. The van der Waals surface area contributed by atoms with E-state index in [9.17, 15) is 4.79 Å². The van der Waals surface area contributed by atoms with E-state index in [4.69, 9.17) is 4.74 Å². The number of hydrogen-bond donors (Lipinski definition) is 1. The molecule has 3 aliphatic rings. The highest BCUT2D eigenvalue weighted by Gasteiger charge is 2.42. The molecule has 1 N–H and O–H groups in total. The Labute approximate surface area is 155 Å². The molecule has 1 aromatic rings. The van der Waals surface area contributed by atoms with Gasteiger partial charge in [-0.25, -0.2) is 9.97 Å². The molecule has 26 heavy (non-hydrogen) atoms. The fraction of sp³-hybridized carbons (Fsp3) is 0.737. The minimum Gasteiger partial charge on any atom is -0.376 e. The van der Waals surface area contributed by atoms with E-state index < -0.39 is 0 Å². The van der Waals surface area contributed by atoms with E-state index in [2.05, 4.69) is 25.1 Å². The lowest BCUT2D eigenvalue weighted by Crippen LogP contribution is -2.45. The Morgan fingerprint density at radius 3 is 2.65 bits per heavy atom. The van der Waals surface area contributed by atoms with Crippen molar-refractivity contribution in [3.63, 3.8) is 0 Å². The van der Waals surface area contributed by atoms with Crippen molar-refractivity contribution in [2.75, 3.05) is 50.8 Å². The molecule has 0 bridgehead atoms. The van der Waals surface area contributed by atoms with Gasteiger partial charge in [-0.3, -0.25) is 9.69 Å². The number of likely N-dealkylation sites (tertiary alicyclic amines) is 1. The first-order chi connectivity index (χ1) is 12.6. The molecule has 1 atom stereocenters. The van der Waals surface area contributed by atoms with E-state index in [1.165, 1.54) is 6.42 Å². The van der Waals surface area contributed by atoms with Gasteiger partial charge >= 0.3 is 0 Å². The molecule has 3 fully saturated rings. The van der Waals surface area contributed by atoms with Crippen LogP contribution >= 0.6 is 0 Å². The maximum atomic E-state index is 12.0. The van der Waals surface area contributed by atoms with Crippen molar-refractivity contribution in [2.45, 2.75) is 38.7 Å². The maximum absolute atomic E-state index is 12.0. The Balaban J connectivity index is 1.22. The number of nitrogens with one attached hydrogen (secondary N) is 1. The van der Waals surface area contributed by atoms with Crippen molar-refractivity contribution in [3.8, 4) is 0 Å². The van der Waals surface area contributed by atoms with Crippen LogP contribution in [0, 0.1) is 12.3 Å². The van der Waals surface area contributed by atoms with Crippen molar-refractivity contribution in [3.05, 3.63) is 18.0 Å². The largest absolute Gasteiger partial charge is 0.376 e. The van der Waals surface area contributed by atoms with Gasteiger partial charge in [0.15, 0.2) is 0 Å². The van der Waals surface area contributed by atoms with Gasteiger partial charge in [-0.1, -0.05) is 0 Å². The van der Waals surface area contributed by atoms with Gasteiger partial charge in [0.25, 0.3) is 0 Å². The Hall–Kier alpha value is -1.73. The fourth-order valence-corrected chi connectivity index (χ4v) is 4.13. The van der Waals surface area contributed by atoms with Gasteiger partial charge in [0.2, 0.25) is 11.9 Å². The molecule has 4 heterocycles. The highest BCUT2D eigenvalue weighted by atomic mass is 16.5. The molecule has 142 valence electrons. The molecule has 7 heteroatoms. The number of anilines is 1. The summed E-state index contributed by atoms with van der Waals surface area (Å²) < 4.78 is 6.02. The molecule has 3 saturated heterocycles. The van der Waals surface area contributed by atoms with Crippen molar-refractivity contribution in [2.24, 2.45) is 5.41 Å². The van der Waals surface area contributed by atoms with Crippen LogP contribution in [0.1, 0.15) is 31.2 Å². The van der Waals surface area contributed by atoms with Gasteiger partial charge in [-0.05, 0) is 56.7 Å². The number of carbonyl (C=O) groups is 1. The predicted molar refractivity (Wildman–Crippen MR) is 99.1 cm³/mol. The first-order valence-corrected chi connectivity index (χ1v) is 9.76.